The highest BCUT2D eigenvalue weighted by molar-refractivity contribution is 6.17. The summed E-state index contributed by atoms with van der Waals surface area (Å²) in [5.41, 5.74) is 2.71. The molecule has 1 saturated carbocycles. The van der Waals surface area contributed by atoms with Crippen LogP contribution in [0.25, 0.3) is 11.1 Å². The van der Waals surface area contributed by atoms with Crippen LogP contribution in [0.1, 0.15) is 50.2 Å². The topological polar surface area (TPSA) is 93.2 Å². The summed E-state index contributed by atoms with van der Waals surface area (Å²) in [6, 6.07) is 19.9. The van der Waals surface area contributed by atoms with Gasteiger partial charge in [0.05, 0.1) is 49.0 Å². The fourth-order valence-corrected chi connectivity index (χ4v) is 9.76. The molecule has 8 nitrogen and oxygen atoms in total. The van der Waals surface area contributed by atoms with Crippen molar-refractivity contribution in [3.05, 3.63) is 71.8 Å². The highest BCUT2D eigenvalue weighted by Crippen LogP contribution is 2.73. The minimum atomic E-state index is -1.04. The zero-order valence-electron chi connectivity index (χ0n) is 25.0. The molecule has 228 valence electrons. The molecule has 2 bridgehead atoms. The van der Waals surface area contributed by atoms with Gasteiger partial charge >= 0.3 is 0 Å². The molecule has 0 aromatic heterocycles. The number of ether oxygens (including phenoxy) is 2. The number of hydrogen-bond donors (Lipinski definition) is 0. The highest BCUT2D eigenvalue weighted by Gasteiger charge is 2.77. The van der Waals surface area contributed by atoms with Crippen molar-refractivity contribution in [2.45, 2.75) is 51.2 Å². The Morgan fingerprint density at radius 1 is 0.659 bits per heavy atom. The molecule has 6 unspecified atom stereocenters. The van der Waals surface area contributed by atoms with Crippen LogP contribution in [0.15, 0.2) is 60.7 Å². The van der Waals surface area contributed by atoms with Crippen molar-refractivity contribution in [2.24, 2.45) is 35.0 Å². The van der Waals surface area contributed by atoms with E-state index < -0.39 is 35.0 Å². The molecule has 8 heteroatoms. The Balaban J connectivity index is 1.36. The first kappa shape index (κ1) is 27.9. The van der Waals surface area contributed by atoms with Gasteiger partial charge in [-0.15, -0.1) is 0 Å². The first-order chi connectivity index (χ1) is 21.5. The number of rotatable bonds is 7. The number of carbonyl (C=O) groups is 4. The molecule has 5 fully saturated rings. The van der Waals surface area contributed by atoms with Gasteiger partial charge in [-0.2, -0.15) is 0 Å². The number of likely N-dealkylation sites (tertiary alicyclic amines) is 2. The third kappa shape index (κ3) is 3.76. The van der Waals surface area contributed by atoms with Crippen LogP contribution in [0.4, 0.5) is 0 Å². The van der Waals surface area contributed by atoms with Crippen LogP contribution in [-0.4, -0.2) is 71.9 Å². The predicted molar refractivity (Wildman–Crippen MR) is 161 cm³/mol. The number of nitrogens with zero attached hydrogens (tertiary/aromatic N) is 2. The third-order valence-corrected chi connectivity index (χ3v) is 11.4. The summed E-state index contributed by atoms with van der Waals surface area (Å²) in [6.45, 7) is 3.72. The second-order valence-corrected chi connectivity index (χ2v) is 13.3. The van der Waals surface area contributed by atoms with E-state index in [2.05, 4.69) is 0 Å². The van der Waals surface area contributed by atoms with Gasteiger partial charge in [-0.05, 0) is 54.4 Å². The fraction of sp³-hybridized carbons (Fsp3) is 0.500. The summed E-state index contributed by atoms with van der Waals surface area (Å²) in [5.74, 6) is -4.39. The molecule has 4 saturated heterocycles. The molecule has 4 aliphatic heterocycles. The number of hydrogen-bond acceptors (Lipinski definition) is 6. The SMILES string of the molecule is CCC12C(c3ccccc3)=C(c3ccccc3)C(C3C(=O)N(CC4CCCO4)C(=O)C31)C1C(=O)N(CC3CCCO3)C(=O)C12. The average molecular weight is 595 g/mol. The van der Waals surface area contributed by atoms with Gasteiger partial charge in [0.15, 0.2) is 0 Å². The van der Waals surface area contributed by atoms with E-state index in [1.165, 1.54) is 9.80 Å². The Morgan fingerprint density at radius 2 is 1.14 bits per heavy atom. The fourth-order valence-electron chi connectivity index (χ4n) is 9.76. The van der Waals surface area contributed by atoms with Crippen molar-refractivity contribution in [1.82, 2.24) is 9.80 Å². The molecule has 3 aliphatic carbocycles. The summed E-state index contributed by atoms with van der Waals surface area (Å²) in [5, 5.41) is 0. The number of benzene rings is 2. The molecule has 4 amide bonds. The van der Waals surface area contributed by atoms with Crippen molar-refractivity contribution < 1.29 is 28.7 Å². The van der Waals surface area contributed by atoms with Crippen LogP contribution in [-0.2, 0) is 28.7 Å². The van der Waals surface area contributed by atoms with Crippen molar-refractivity contribution >= 4 is 34.8 Å². The molecule has 4 heterocycles. The molecule has 44 heavy (non-hydrogen) atoms. The maximum atomic E-state index is 14.6. The standard InChI is InChI=1S/C36H38N2O6/c1-2-36-29(22-13-7-4-8-14-22)25(21-11-5-3-6-12-21)26(27-30(36)34(41)37(32(27)39)19-23-15-9-17-43-23)28-31(36)35(42)38(33(28)40)20-24-16-10-18-44-24/h3-8,11-14,23-24,26-28,30-31H,2,9-10,15-20H2,1H3. The largest absolute Gasteiger partial charge is 0.376 e. The minimum absolute atomic E-state index is 0.182. The van der Waals surface area contributed by atoms with E-state index in [1.54, 1.807) is 0 Å². The van der Waals surface area contributed by atoms with Crippen LogP contribution in [0.5, 0.6) is 0 Å². The van der Waals surface area contributed by atoms with Gasteiger partial charge in [-0.1, -0.05) is 67.6 Å². The number of imide groups is 2. The molecule has 2 aromatic carbocycles. The van der Waals surface area contributed by atoms with E-state index in [-0.39, 0.29) is 48.9 Å². The zero-order valence-corrected chi connectivity index (χ0v) is 25.0. The number of carbonyl (C=O) groups excluding carboxylic acids is 4. The zero-order chi connectivity index (χ0) is 30.2. The van der Waals surface area contributed by atoms with E-state index >= 15 is 0 Å². The second kappa shape index (κ2) is 10.5. The van der Waals surface area contributed by atoms with Crippen molar-refractivity contribution in [2.75, 3.05) is 26.3 Å². The van der Waals surface area contributed by atoms with Gasteiger partial charge < -0.3 is 9.47 Å². The first-order valence-electron chi connectivity index (χ1n) is 16.3. The van der Waals surface area contributed by atoms with E-state index in [1.807, 2.05) is 67.6 Å². The van der Waals surface area contributed by atoms with Crippen LogP contribution >= 0.6 is 0 Å². The summed E-state index contributed by atoms with van der Waals surface area (Å²) < 4.78 is 11.7. The Labute approximate surface area is 257 Å². The lowest BCUT2D eigenvalue weighted by molar-refractivity contribution is -0.146. The molecule has 2 aromatic rings. The smallest absolute Gasteiger partial charge is 0.234 e. The van der Waals surface area contributed by atoms with E-state index in [4.69, 9.17) is 9.47 Å². The molecule has 9 rings (SSSR count). The normalized spacial score (nSPS) is 36.2. The molecular weight excluding hydrogens is 556 g/mol. The predicted octanol–water partition coefficient (Wildman–Crippen LogP) is 4.20. The van der Waals surface area contributed by atoms with Crippen LogP contribution < -0.4 is 0 Å². The molecule has 7 aliphatic rings. The quantitative estimate of drug-likeness (QED) is 0.447. The molecule has 0 radical (unpaired) electrons. The summed E-state index contributed by atoms with van der Waals surface area (Å²) in [4.78, 5) is 61.2. The third-order valence-electron chi connectivity index (χ3n) is 11.4. The maximum Gasteiger partial charge on any atom is 0.234 e. The van der Waals surface area contributed by atoms with Gasteiger partial charge in [-0.3, -0.25) is 29.0 Å². The minimum Gasteiger partial charge on any atom is -0.376 e. The van der Waals surface area contributed by atoms with Crippen LogP contribution in [0, 0.1) is 35.0 Å². The molecule has 6 atom stereocenters. The Morgan fingerprint density at radius 3 is 1.57 bits per heavy atom. The van der Waals surface area contributed by atoms with Gasteiger partial charge in [0.2, 0.25) is 23.6 Å². The second-order valence-electron chi connectivity index (χ2n) is 13.3. The van der Waals surface area contributed by atoms with E-state index in [0.717, 1.165) is 48.0 Å². The Bertz CT molecular complexity index is 1480. The Hall–Kier alpha value is -3.62. The van der Waals surface area contributed by atoms with E-state index in [0.29, 0.717) is 19.6 Å². The average Bonchev–Trinajstić information content (AvgIpc) is 3.86. The number of amides is 4. The van der Waals surface area contributed by atoms with Gasteiger partial charge in [0.25, 0.3) is 0 Å². The molecular formula is C36H38N2O6. The summed E-state index contributed by atoms with van der Waals surface area (Å²) in [7, 11) is 0. The molecule has 0 spiro atoms. The van der Waals surface area contributed by atoms with Gasteiger partial charge in [-0.25, -0.2) is 0 Å². The first-order valence-corrected chi connectivity index (χ1v) is 16.3. The van der Waals surface area contributed by atoms with Crippen LogP contribution in [0.2, 0.25) is 0 Å². The van der Waals surface area contributed by atoms with Gasteiger partial charge in [0.1, 0.15) is 0 Å². The Kier molecular flexibility index (Phi) is 6.65. The lowest BCUT2D eigenvalue weighted by Crippen LogP contribution is -2.60. The molecule has 0 N–H and O–H groups in total. The maximum absolute atomic E-state index is 14.6. The van der Waals surface area contributed by atoms with Gasteiger partial charge in [0, 0.05) is 24.5 Å². The monoisotopic (exact) mass is 594 g/mol. The number of allylic oxidation sites excluding steroid dienone is 2. The summed E-state index contributed by atoms with van der Waals surface area (Å²) >= 11 is 0. The lowest BCUT2D eigenvalue weighted by atomic mass is 9.40. The van der Waals surface area contributed by atoms with Crippen molar-refractivity contribution in [1.29, 1.82) is 0 Å². The lowest BCUT2D eigenvalue weighted by Gasteiger charge is -2.59. The highest BCUT2D eigenvalue weighted by atomic mass is 16.5. The van der Waals surface area contributed by atoms with Crippen molar-refractivity contribution in [3.63, 3.8) is 0 Å². The van der Waals surface area contributed by atoms with Crippen LogP contribution in [0.3, 0.4) is 0 Å². The summed E-state index contributed by atoms with van der Waals surface area (Å²) in [6.07, 6.45) is 3.50. The van der Waals surface area contributed by atoms with Crippen molar-refractivity contribution in [3.8, 4) is 0 Å². The van der Waals surface area contributed by atoms with E-state index in [9.17, 15) is 19.2 Å².